The Hall–Kier alpha value is -7.82. The Morgan fingerprint density at radius 1 is 0.507 bits per heavy atom. The molecule has 0 spiro atoms. The van der Waals surface area contributed by atoms with Crippen LogP contribution < -0.4 is 0 Å². The lowest BCUT2D eigenvalue weighted by atomic mass is 9.85. The van der Waals surface area contributed by atoms with Gasteiger partial charge in [-0.1, -0.05) is 188 Å². The number of hydrogen-bond donors (Lipinski definition) is 1. The minimum Gasteiger partial charge on any atom is -0.507 e. The molecule has 0 radical (unpaired) electrons. The molecule has 2 heterocycles. The average Bonchev–Trinajstić information content (AvgIpc) is 3.78. The maximum Gasteiger partial charge on any atom is 0.149 e. The van der Waals surface area contributed by atoms with Gasteiger partial charge >= 0.3 is 0 Å². The zero-order chi connectivity index (χ0) is 49.6. The van der Waals surface area contributed by atoms with Gasteiger partial charge in [-0.25, -0.2) is 4.98 Å². The molecule has 2 aromatic heterocycles. The molecule has 0 fully saturated rings. The number of imidazole rings is 1. The summed E-state index contributed by atoms with van der Waals surface area (Å²) < 4.78 is 20.2. The van der Waals surface area contributed by atoms with Crippen molar-refractivity contribution in [1.82, 2.24) is 14.5 Å². The molecule has 0 amide bonds. The van der Waals surface area contributed by atoms with E-state index in [1.165, 1.54) is 22.3 Å². The van der Waals surface area contributed by atoms with Gasteiger partial charge in [-0.3, -0.25) is 9.55 Å². The van der Waals surface area contributed by atoms with Gasteiger partial charge in [-0.15, -0.1) is 0 Å². The van der Waals surface area contributed by atoms with Gasteiger partial charge in [-0.2, -0.15) is 0 Å². The van der Waals surface area contributed by atoms with Gasteiger partial charge in [0.05, 0.1) is 28.0 Å². The second kappa shape index (κ2) is 18.7. The molecular formula is C65H59N3O. The summed E-state index contributed by atoms with van der Waals surface area (Å²) in [5.41, 5.74) is 17.9. The van der Waals surface area contributed by atoms with E-state index in [0.29, 0.717) is 22.5 Å². The van der Waals surface area contributed by atoms with Crippen LogP contribution in [0.5, 0.6) is 5.75 Å². The topological polar surface area (TPSA) is 50.9 Å². The number of aromatic hydroxyl groups is 1. The van der Waals surface area contributed by atoms with Crippen LogP contribution in [0.2, 0.25) is 0 Å². The molecule has 340 valence electrons. The normalized spacial score (nSPS) is 12.4. The fourth-order valence-corrected chi connectivity index (χ4v) is 9.61. The first kappa shape index (κ1) is 42.5. The van der Waals surface area contributed by atoms with Gasteiger partial charge in [0, 0.05) is 20.1 Å². The number of benzene rings is 8. The van der Waals surface area contributed by atoms with Gasteiger partial charge in [0.15, 0.2) is 0 Å². The number of pyridine rings is 1. The van der Waals surface area contributed by atoms with Gasteiger partial charge in [0.25, 0.3) is 0 Å². The van der Waals surface area contributed by atoms with Crippen LogP contribution >= 0.6 is 0 Å². The van der Waals surface area contributed by atoms with Crippen LogP contribution in [0.3, 0.4) is 0 Å². The minimum absolute atomic E-state index is 0.165. The Morgan fingerprint density at radius 2 is 1.04 bits per heavy atom. The van der Waals surface area contributed by atoms with E-state index in [1.54, 1.807) is 0 Å². The summed E-state index contributed by atoms with van der Waals surface area (Å²) in [6.07, 6.45) is 0.222. The molecule has 0 aliphatic rings. The van der Waals surface area contributed by atoms with Crippen LogP contribution in [0.1, 0.15) is 90.9 Å². The van der Waals surface area contributed by atoms with Gasteiger partial charge in [-0.05, 0) is 145 Å². The molecule has 0 saturated heterocycles. The van der Waals surface area contributed by atoms with E-state index < -0.39 is 6.37 Å². The highest BCUT2D eigenvalue weighted by molar-refractivity contribution is 5.98. The summed E-state index contributed by atoms with van der Waals surface area (Å²) >= 11 is 0. The molecule has 8 aromatic carbocycles. The Balaban J connectivity index is 1.19. The molecular weight excluding hydrogens is 839 g/mol. The molecule has 10 aromatic rings. The maximum absolute atomic E-state index is 12.4. The van der Waals surface area contributed by atoms with Crippen molar-refractivity contribution >= 4 is 11.0 Å². The van der Waals surface area contributed by atoms with Crippen molar-refractivity contribution in [2.45, 2.75) is 72.1 Å². The van der Waals surface area contributed by atoms with Crippen molar-refractivity contribution in [1.29, 1.82) is 0 Å². The highest BCUT2D eigenvalue weighted by Crippen LogP contribution is 2.46. The van der Waals surface area contributed by atoms with Crippen molar-refractivity contribution in [3.63, 3.8) is 0 Å². The third kappa shape index (κ3) is 9.03. The summed E-state index contributed by atoms with van der Waals surface area (Å²) in [6, 6.07) is 66.2. The van der Waals surface area contributed by atoms with Crippen molar-refractivity contribution < 1.29 is 7.85 Å². The predicted molar refractivity (Wildman–Crippen MR) is 289 cm³/mol. The molecule has 10 rings (SSSR count). The van der Waals surface area contributed by atoms with Crippen LogP contribution in [0.4, 0.5) is 0 Å². The summed E-state index contributed by atoms with van der Waals surface area (Å²) in [6.45, 7) is 15.5. The molecule has 4 nitrogen and oxygen atoms in total. The third-order valence-corrected chi connectivity index (χ3v) is 13.2. The Kier molecular flexibility index (Phi) is 11.5. The zero-order valence-corrected chi connectivity index (χ0v) is 40.5. The lowest BCUT2D eigenvalue weighted by Crippen LogP contribution is -2.12. The number of para-hydroxylation sites is 2. The van der Waals surface area contributed by atoms with Crippen molar-refractivity contribution in [3.8, 4) is 78.6 Å². The lowest BCUT2D eigenvalue weighted by molar-refractivity contribution is 0.448. The first-order valence-corrected chi connectivity index (χ1v) is 24.1. The van der Waals surface area contributed by atoms with Crippen LogP contribution in [0.15, 0.2) is 200 Å². The van der Waals surface area contributed by atoms with E-state index in [2.05, 4.69) is 162 Å². The third-order valence-electron chi connectivity index (χ3n) is 13.2. The van der Waals surface area contributed by atoms with E-state index in [4.69, 9.17) is 12.7 Å². The molecule has 0 bridgehead atoms. The van der Waals surface area contributed by atoms with Gasteiger partial charge in [0.2, 0.25) is 0 Å². The van der Waals surface area contributed by atoms with Crippen molar-refractivity contribution in [2.75, 3.05) is 0 Å². The smallest absolute Gasteiger partial charge is 0.149 e. The second-order valence-corrected chi connectivity index (χ2v) is 19.7. The number of nitrogens with zero attached hydrogens (tertiary/aromatic N) is 3. The summed E-state index contributed by atoms with van der Waals surface area (Å²) in [5.74, 6) is 1.25. The van der Waals surface area contributed by atoms with Crippen LogP contribution in [-0.4, -0.2) is 19.6 Å². The van der Waals surface area contributed by atoms with Crippen LogP contribution in [0, 0.1) is 0 Å². The number of fused-ring (bicyclic) bond motifs is 1. The molecule has 4 heteroatoms. The van der Waals surface area contributed by atoms with Crippen LogP contribution in [-0.2, 0) is 11.8 Å². The van der Waals surface area contributed by atoms with Gasteiger partial charge in [0.1, 0.15) is 11.6 Å². The van der Waals surface area contributed by atoms with E-state index in [0.717, 1.165) is 66.9 Å². The van der Waals surface area contributed by atoms with Crippen molar-refractivity contribution in [2.24, 2.45) is 0 Å². The molecule has 0 aliphatic heterocycles. The Morgan fingerprint density at radius 3 is 1.67 bits per heavy atom. The molecule has 0 aliphatic carbocycles. The molecule has 0 saturated carbocycles. The van der Waals surface area contributed by atoms with E-state index in [1.807, 2.05) is 91.1 Å². The predicted octanol–water partition coefficient (Wildman–Crippen LogP) is 17.3. The fraction of sp³-hybridized carbons (Fsp3) is 0.169. The summed E-state index contributed by atoms with van der Waals surface area (Å²) in [4.78, 5) is 10.6. The molecule has 0 atom stereocenters. The Bertz CT molecular complexity index is 3510. The fourth-order valence-electron chi connectivity index (χ4n) is 9.61. The zero-order valence-electron chi connectivity index (χ0n) is 42.5. The molecule has 1 N–H and O–H groups in total. The first-order valence-electron chi connectivity index (χ1n) is 25.1. The standard InChI is InChI=1S/C65H59N3O/c1-42(2)56-39-51(47-23-15-10-16-24-47)40-57(43(3)4)62(56)68-60-28-18-25-54(61(60)67-64(68)55-26-17-27-58(63(55)69)65(5,6)7)52-36-50(46-21-13-9-14-22-46)37-53(38-52)59-41-49(33-34-66-59)48-31-29-45(30-32-48)35-44-19-11-8-12-20-44/h8-34,36-43,69H,35H2,1-7H3/i35D2. The number of phenolic OH excluding ortho intramolecular Hbond substituents is 1. The van der Waals surface area contributed by atoms with Crippen molar-refractivity contribution in [3.05, 3.63) is 228 Å². The van der Waals surface area contributed by atoms with Crippen LogP contribution in [0.25, 0.3) is 83.9 Å². The SMILES string of the molecule is [2H]C([2H])(c1ccccc1)c1ccc(-c2ccnc(-c3cc(-c4ccccc4)cc(-c4cccc5c4nc(-c4cccc(C(C)(C)C)c4O)n5-c4c(C(C)C)cc(-c5ccccc5)cc4C(C)C)c3)c2)cc1. The highest BCUT2D eigenvalue weighted by atomic mass is 16.3. The minimum atomic E-state index is -1.63. The monoisotopic (exact) mass is 899 g/mol. The second-order valence-electron chi connectivity index (χ2n) is 19.7. The lowest BCUT2D eigenvalue weighted by Gasteiger charge is -2.25. The highest BCUT2D eigenvalue weighted by Gasteiger charge is 2.28. The largest absolute Gasteiger partial charge is 0.507 e. The Labute approximate surface area is 410 Å². The summed E-state index contributed by atoms with van der Waals surface area (Å²) in [7, 11) is 0. The molecule has 69 heavy (non-hydrogen) atoms. The maximum atomic E-state index is 12.4. The van der Waals surface area contributed by atoms with E-state index >= 15 is 0 Å². The molecule has 0 unspecified atom stereocenters. The average molecular weight is 900 g/mol. The number of rotatable bonds is 11. The number of phenols is 1. The summed E-state index contributed by atoms with van der Waals surface area (Å²) in [5, 5.41) is 12.4. The van der Waals surface area contributed by atoms with Gasteiger partial charge < -0.3 is 5.11 Å². The van der Waals surface area contributed by atoms with E-state index in [9.17, 15) is 5.11 Å². The number of hydrogen-bond acceptors (Lipinski definition) is 3. The first-order chi connectivity index (χ1) is 34.2. The van der Waals surface area contributed by atoms with E-state index in [-0.39, 0.29) is 23.0 Å². The quantitative estimate of drug-likeness (QED) is 0.141. The number of aromatic nitrogens is 3.